The Morgan fingerprint density at radius 3 is 2.54 bits per heavy atom. The van der Waals surface area contributed by atoms with Crippen molar-refractivity contribution in [2.45, 2.75) is 11.8 Å². The Kier molecular flexibility index (Phi) is 6.44. The third kappa shape index (κ3) is 5.10. The van der Waals surface area contributed by atoms with Crippen molar-refractivity contribution in [3.8, 4) is 0 Å². The lowest BCUT2D eigenvalue weighted by Gasteiger charge is -2.26. The number of hydrogen-bond acceptors (Lipinski definition) is 5. The van der Waals surface area contributed by atoms with E-state index in [-0.39, 0.29) is 4.90 Å². The van der Waals surface area contributed by atoms with Crippen molar-refractivity contribution in [2.24, 2.45) is 5.10 Å². The number of ether oxygens (including phenoxy) is 1. The van der Waals surface area contributed by atoms with Crippen LogP contribution in [0, 0.1) is 0 Å². The van der Waals surface area contributed by atoms with E-state index >= 15 is 0 Å². The number of thiocarbonyl (C=S) groups is 1. The maximum absolute atomic E-state index is 12.5. The van der Waals surface area contributed by atoms with Crippen LogP contribution in [-0.4, -0.2) is 50.4 Å². The number of nitrogens with one attached hydrogen (secondary N) is 2. The molecule has 1 fully saturated rings. The molecule has 0 aliphatic carbocycles. The van der Waals surface area contributed by atoms with Crippen LogP contribution in [-0.2, 0) is 14.8 Å². The first-order valence-corrected chi connectivity index (χ1v) is 9.18. The molecular weight excluding hydrogens is 348 g/mol. The van der Waals surface area contributed by atoms with Crippen LogP contribution in [0.4, 0.5) is 5.69 Å². The Morgan fingerprint density at radius 2 is 1.96 bits per heavy atom. The molecule has 0 aromatic heterocycles. The number of nitrogens with zero attached hydrogens (tertiary/aromatic N) is 2. The summed E-state index contributed by atoms with van der Waals surface area (Å²) in [6.45, 7) is 7.08. The topological polar surface area (TPSA) is 83.0 Å². The molecule has 0 radical (unpaired) electrons. The summed E-state index contributed by atoms with van der Waals surface area (Å²) >= 11 is 5.09. The van der Waals surface area contributed by atoms with Crippen LogP contribution in [0.15, 0.2) is 46.4 Å². The lowest BCUT2D eigenvalue weighted by atomic mass is 10.3. The number of rotatable bonds is 5. The minimum atomic E-state index is -3.49. The number of hydrogen-bond donors (Lipinski definition) is 2. The van der Waals surface area contributed by atoms with Gasteiger partial charge in [0, 0.05) is 25.0 Å². The van der Waals surface area contributed by atoms with Crippen molar-refractivity contribution < 1.29 is 13.2 Å². The van der Waals surface area contributed by atoms with Gasteiger partial charge < -0.3 is 10.1 Å². The highest BCUT2D eigenvalue weighted by Crippen LogP contribution is 2.19. The van der Waals surface area contributed by atoms with E-state index in [4.69, 9.17) is 17.0 Å². The summed E-state index contributed by atoms with van der Waals surface area (Å²) in [6, 6.07) is 6.41. The summed E-state index contributed by atoms with van der Waals surface area (Å²) in [5.41, 5.74) is 4.11. The molecule has 1 aliphatic rings. The molecule has 2 rings (SSSR count). The molecule has 9 heteroatoms. The molecule has 1 aliphatic heterocycles. The van der Waals surface area contributed by atoms with Crippen LogP contribution in [0.2, 0.25) is 0 Å². The highest BCUT2D eigenvalue weighted by molar-refractivity contribution is 7.89. The van der Waals surface area contributed by atoms with Crippen molar-refractivity contribution >= 4 is 39.3 Å². The van der Waals surface area contributed by atoms with Gasteiger partial charge in [-0.1, -0.05) is 6.58 Å². The molecule has 0 bridgehead atoms. The number of morpholine rings is 1. The zero-order valence-corrected chi connectivity index (χ0v) is 15.0. The fourth-order valence-electron chi connectivity index (χ4n) is 2.01. The molecule has 0 saturated carbocycles. The quantitative estimate of drug-likeness (QED) is 0.466. The van der Waals surface area contributed by atoms with Gasteiger partial charge >= 0.3 is 0 Å². The van der Waals surface area contributed by atoms with Crippen LogP contribution >= 0.6 is 12.2 Å². The van der Waals surface area contributed by atoms with Crippen molar-refractivity contribution in [1.29, 1.82) is 0 Å². The van der Waals surface area contributed by atoms with E-state index in [1.165, 1.54) is 4.31 Å². The van der Waals surface area contributed by atoms with E-state index in [0.717, 1.165) is 5.57 Å². The fraction of sp³-hybridized carbons (Fsp3) is 0.333. The zero-order valence-electron chi connectivity index (χ0n) is 13.4. The Bertz CT molecular complexity index is 724. The highest BCUT2D eigenvalue weighted by Gasteiger charge is 2.26. The largest absolute Gasteiger partial charge is 0.379 e. The molecule has 1 aromatic rings. The molecule has 0 spiro atoms. The van der Waals surface area contributed by atoms with Gasteiger partial charge in [0.1, 0.15) is 0 Å². The van der Waals surface area contributed by atoms with Gasteiger partial charge in [0.25, 0.3) is 0 Å². The molecular formula is C15H20N4O3S2. The van der Waals surface area contributed by atoms with E-state index in [0.29, 0.717) is 37.1 Å². The number of hydrazone groups is 1. The first-order chi connectivity index (χ1) is 11.4. The fourth-order valence-corrected chi connectivity index (χ4v) is 3.58. The first kappa shape index (κ1) is 18.5. The number of allylic oxidation sites excluding steroid dienone is 1. The second-order valence-electron chi connectivity index (χ2n) is 5.21. The zero-order chi connectivity index (χ0) is 17.6. The minimum absolute atomic E-state index is 0.245. The smallest absolute Gasteiger partial charge is 0.243 e. The predicted molar refractivity (Wildman–Crippen MR) is 98.7 cm³/mol. The van der Waals surface area contributed by atoms with Gasteiger partial charge in [-0.2, -0.15) is 9.41 Å². The first-order valence-electron chi connectivity index (χ1n) is 7.33. The number of benzene rings is 1. The van der Waals surface area contributed by atoms with E-state index < -0.39 is 10.0 Å². The molecule has 0 amide bonds. The van der Waals surface area contributed by atoms with Crippen LogP contribution in [0.5, 0.6) is 0 Å². The van der Waals surface area contributed by atoms with Gasteiger partial charge in [0.15, 0.2) is 5.11 Å². The molecule has 24 heavy (non-hydrogen) atoms. The van der Waals surface area contributed by atoms with E-state index in [9.17, 15) is 8.42 Å². The van der Waals surface area contributed by atoms with Crippen molar-refractivity contribution in [3.63, 3.8) is 0 Å². The van der Waals surface area contributed by atoms with Crippen LogP contribution in [0.25, 0.3) is 0 Å². The third-order valence-corrected chi connectivity index (χ3v) is 5.28. The minimum Gasteiger partial charge on any atom is -0.379 e. The maximum atomic E-state index is 12.5. The summed E-state index contributed by atoms with van der Waals surface area (Å²) in [7, 11) is -3.49. The maximum Gasteiger partial charge on any atom is 0.243 e. The van der Waals surface area contributed by atoms with Gasteiger partial charge in [-0.15, -0.1) is 0 Å². The summed E-state index contributed by atoms with van der Waals surface area (Å²) in [6.07, 6.45) is 1.55. The summed E-state index contributed by atoms with van der Waals surface area (Å²) in [4.78, 5) is 0.245. The SMILES string of the molecule is C=C(C)/C=N\NC(=S)Nc1ccc(S(=O)(=O)N2CCOCC2)cc1. The average molecular weight is 368 g/mol. The monoisotopic (exact) mass is 368 g/mol. The van der Waals surface area contributed by atoms with Gasteiger partial charge in [-0.25, -0.2) is 8.42 Å². The van der Waals surface area contributed by atoms with Gasteiger partial charge in [0.2, 0.25) is 10.0 Å². The lowest BCUT2D eigenvalue weighted by molar-refractivity contribution is 0.0730. The molecule has 0 unspecified atom stereocenters. The lowest BCUT2D eigenvalue weighted by Crippen LogP contribution is -2.40. The number of anilines is 1. The van der Waals surface area contributed by atoms with E-state index in [2.05, 4.69) is 22.4 Å². The van der Waals surface area contributed by atoms with E-state index in [1.807, 2.05) is 6.92 Å². The van der Waals surface area contributed by atoms with Crippen LogP contribution < -0.4 is 10.7 Å². The molecule has 1 aromatic carbocycles. The molecule has 130 valence electrons. The summed E-state index contributed by atoms with van der Waals surface area (Å²) < 4.78 is 31.6. The van der Waals surface area contributed by atoms with Crippen LogP contribution in [0.3, 0.4) is 0 Å². The molecule has 1 saturated heterocycles. The van der Waals surface area contributed by atoms with Crippen LogP contribution in [0.1, 0.15) is 6.92 Å². The predicted octanol–water partition coefficient (Wildman–Crippen LogP) is 1.56. The average Bonchev–Trinajstić information content (AvgIpc) is 2.56. The second-order valence-corrected chi connectivity index (χ2v) is 7.56. The second kappa shape index (κ2) is 8.34. The molecule has 2 N–H and O–H groups in total. The molecule has 0 atom stereocenters. The molecule has 1 heterocycles. The van der Waals surface area contributed by atoms with Gasteiger partial charge in [-0.05, 0) is 49.0 Å². The number of sulfonamides is 1. The standard InChI is InChI=1S/C15H20N4O3S2/c1-12(2)11-16-18-15(23)17-13-3-5-14(6-4-13)24(20,21)19-7-9-22-10-8-19/h3-6,11H,1,7-10H2,2H3,(H2,17,18,23)/b16-11-. The molecule has 7 nitrogen and oxygen atoms in total. The van der Waals surface area contributed by atoms with Gasteiger partial charge in [-0.3, -0.25) is 5.43 Å². The Hall–Kier alpha value is -1.81. The Morgan fingerprint density at radius 1 is 1.33 bits per heavy atom. The Balaban J connectivity index is 1.99. The van der Waals surface area contributed by atoms with Gasteiger partial charge in [0.05, 0.1) is 18.1 Å². The highest BCUT2D eigenvalue weighted by atomic mass is 32.2. The van der Waals surface area contributed by atoms with Crippen molar-refractivity contribution in [1.82, 2.24) is 9.73 Å². The van der Waals surface area contributed by atoms with Crippen molar-refractivity contribution in [3.05, 3.63) is 36.4 Å². The summed E-state index contributed by atoms with van der Waals surface area (Å²) in [5.74, 6) is 0. The van der Waals surface area contributed by atoms with Crippen molar-refractivity contribution in [2.75, 3.05) is 31.6 Å². The summed E-state index contributed by atoms with van der Waals surface area (Å²) in [5, 5.41) is 7.12. The third-order valence-electron chi connectivity index (χ3n) is 3.17. The van der Waals surface area contributed by atoms with E-state index in [1.54, 1.807) is 30.5 Å². The normalized spacial score (nSPS) is 16.0. The Labute approximate surface area is 147 Å².